The van der Waals surface area contributed by atoms with Gasteiger partial charge in [-0.1, -0.05) is 18.2 Å². The smallest absolute Gasteiger partial charge is 0.171 e. The summed E-state index contributed by atoms with van der Waals surface area (Å²) in [4.78, 5) is 4.04. The zero-order valence-electron chi connectivity index (χ0n) is 9.56. The van der Waals surface area contributed by atoms with Gasteiger partial charge >= 0.3 is 0 Å². The minimum Gasteiger partial charge on any atom is -0.507 e. The molecule has 0 fully saturated rings. The van der Waals surface area contributed by atoms with Crippen LogP contribution in [0.4, 0.5) is 0 Å². The van der Waals surface area contributed by atoms with Crippen LogP contribution in [0.5, 0.6) is 5.75 Å². The quantitative estimate of drug-likeness (QED) is 0.484. The molecule has 0 saturated heterocycles. The van der Waals surface area contributed by atoms with E-state index in [1.165, 1.54) is 6.21 Å². The van der Waals surface area contributed by atoms with Crippen LogP contribution in [0.2, 0.25) is 0 Å². The molecule has 1 heterocycles. The maximum atomic E-state index is 9.51. The van der Waals surface area contributed by atoms with Gasteiger partial charge in [0.15, 0.2) is 5.84 Å². The van der Waals surface area contributed by atoms with Crippen LogP contribution < -0.4 is 5.73 Å². The molecule has 2 rings (SSSR count). The first-order chi connectivity index (χ1) is 8.77. The molecule has 0 atom stereocenters. The number of nitrogens with two attached hydrogens (primary N) is 1. The summed E-state index contributed by atoms with van der Waals surface area (Å²) in [6.07, 6.45) is 3.07. The topological polar surface area (TPSA) is 83.9 Å². The van der Waals surface area contributed by atoms with E-state index in [0.29, 0.717) is 11.3 Å². The Balaban J connectivity index is 2.14. The van der Waals surface area contributed by atoms with Crippen LogP contribution in [-0.4, -0.2) is 22.1 Å². The summed E-state index contributed by atoms with van der Waals surface area (Å²) in [6.45, 7) is 0. The lowest BCUT2D eigenvalue weighted by Crippen LogP contribution is -2.14. The van der Waals surface area contributed by atoms with Crippen LogP contribution in [0.3, 0.4) is 0 Å². The third-order valence-electron chi connectivity index (χ3n) is 2.23. The number of hydrogen-bond donors (Lipinski definition) is 2. The Bertz CT molecular complexity index is 579. The number of amidine groups is 1. The van der Waals surface area contributed by atoms with E-state index in [1.807, 2.05) is 6.07 Å². The fraction of sp³-hybridized carbons (Fsp3) is 0. The molecular formula is C13H12N4O. The molecule has 1 aromatic heterocycles. The van der Waals surface area contributed by atoms with Crippen molar-refractivity contribution in [1.29, 1.82) is 0 Å². The molecule has 3 N–H and O–H groups in total. The lowest BCUT2D eigenvalue weighted by Gasteiger charge is -1.96. The first-order valence-electron chi connectivity index (χ1n) is 5.33. The van der Waals surface area contributed by atoms with E-state index >= 15 is 0 Å². The van der Waals surface area contributed by atoms with Crippen LogP contribution in [0.15, 0.2) is 58.9 Å². The summed E-state index contributed by atoms with van der Waals surface area (Å²) in [5, 5.41) is 17.1. The van der Waals surface area contributed by atoms with Gasteiger partial charge in [-0.15, -0.1) is 5.10 Å². The third kappa shape index (κ3) is 2.91. The number of aromatic hydroxyl groups is 1. The van der Waals surface area contributed by atoms with Crippen molar-refractivity contribution in [3.63, 3.8) is 0 Å². The maximum absolute atomic E-state index is 9.51. The predicted molar refractivity (Wildman–Crippen MR) is 70.7 cm³/mol. The number of phenols is 1. The number of phenolic OH excluding ortho intramolecular Hbond substituents is 1. The Morgan fingerprint density at radius 3 is 2.67 bits per heavy atom. The largest absolute Gasteiger partial charge is 0.507 e. The lowest BCUT2D eigenvalue weighted by atomic mass is 10.2. The van der Waals surface area contributed by atoms with Gasteiger partial charge in [-0.25, -0.2) is 0 Å². The Labute approximate surface area is 104 Å². The van der Waals surface area contributed by atoms with Gasteiger partial charge in [-0.3, -0.25) is 4.98 Å². The minimum atomic E-state index is 0.146. The Kier molecular flexibility index (Phi) is 3.66. The average molecular weight is 240 g/mol. The minimum absolute atomic E-state index is 0.146. The third-order valence-corrected chi connectivity index (χ3v) is 2.23. The second kappa shape index (κ2) is 5.58. The number of rotatable bonds is 3. The number of hydrogen-bond acceptors (Lipinski definition) is 4. The van der Waals surface area contributed by atoms with Crippen LogP contribution in [-0.2, 0) is 0 Å². The van der Waals surface area contributed by atoms with Crippen molar-refractivity contribution in [3.8, 4) is 5.75 Å². The van der Waals surface area contributed by atoms with E-state index in [0.717, 1.165) is 0 Å². The number of benzene rings is 1. The molecule has 2 aromatic rings. The molecule has 0 bridgehead atoms. The molecule has 0 aliphatic rings. The highest BCUT2D eigenvalue weighted by Crippen LogP contribution is 2.12. The maximum Gasteiger partial charge on any atom is 0.171 e. The van der Waals surface area contributed by atoms with Crippen molar-refractivity contribution in [2.24, 2.45) is 15.9 Å². The highest BCUT2D eigenvalue weighted by Gasteiger charge is 1.97. The predicted octanol–water partition coefficient (Wildman–Crippen LogP) is 1.53. The Morgan fingerprint density at radius 1 is 1.17 bits per heavy atom. The van der Waals surface area contributed by atoms with Gasteiger partial charge in [0, 0.05) is 11.8 Å². The van der Waals surface area contributed by atoms with Crippen molar-refractivity contribution < 1.29 is 5.11 Å². The molecule has 90 valence electrons. The fourth-order valence-electron chi connectivity index (χ4n) is 1.32. The summed E-state index contributed by atoms with van der Waals surface area (Å²) in [6, 6.07) is 12.2. The molecule has 1 aromatic carbocycles. The zero-order valence-corrected chi connectivity index (χ0v) is 9.56. The molecule has 5 heteroatoms. The SMILES string of the molecule is NC(=NN=Cc1ccccc1O)c1ccccn1. The number of para-hydroxylation sites is 1. The van der Waals surface area contributed by atoms with Crippen molar-refractivity contribution in [2.75, 3.05) is 0 Å². The van der Waals surface area contributed by atoms with E-state index in [2.05, 4.69) is 15.2 Å². The number of nitrogens with zero attached hydrogens (tertiary/aromatic N) is 3. The van der Waals surface area contributed by atoms with Crippen LogP contribution in [0.25, 0.3) is 0 Å². The summed E-state index contributed by atoms with van der Waals surface area (Å²) in [7, 11) is 0. The molecule has 0 aliphatic heterocycles. The van der Waals surface area contributed by atoms with Gasteiger partial charge in [0.25, 0.3) is 0 Å². The first kappa shape index (κ1) is 11.8. The zero-order chi connectivity index (χ0) is 12.8. The van der Waals surface area contributed by atoms with E-state index in [-0.39, 0.29) is 11.6 Å². The molecule has 18 heavy (non-hydrogen) atoms. The summed E-state index contributed by atoms with van der Waals surface area (Å²) in [5.74, 6) is 0.370. The Hall–Kier alpha value is -2.69. The number of aromatic nitrogens is 1. The van der Waals surface area contributed by atoms with Crippen LogP contribution >= 0.6 is 0 Å². The normalized spacial score (nSPS) is 11.9. The van der Waals surface area contributed by atoms with Gasteiger partial charge < -0.3 is 10.8 Å². The molecule has 0 aliphatic carbocycles. The average Bonchev–Trinajstić information content (AvgIpc) is 2.42. The molecular weight excluding hydrogens is 228 g/mol. The monoisotopic (exact) mass is 240 g/mol. The van der Waals surface area contributed by atoms with E-state index in [4.69, 9.17) is 5.73 Å². The van der Waals surface area contributed by atoms with Gasteiger partial charge in [-0.05, 0) is 24.3 Å². The molecule has 5 nitrogen and oxygen atoms in total. The summed E-state index contributed by atoms with van der Waals surface area (Å²) in [5.41, 5.74) is 6.85. The lowest BCUT2D eigenvalue weighted by molar-refractivity contribution is 0.474. The van der Waals surface area contributed by atoms with E-state index in [9.17, 15) is 5.11 Å². The standard InChI is InChI=1S/C13H12N4O/c14-13(11-6-3-4-8-15-11)17-16-9-10-5-1-2-7-12(10)18/h1-9,18H,(H2,14,17). The van der Waals surface area contributed by atoms with Gasteiger partial charge in [-0.2, -0.15) is 5.10 Å². The van der Waals surface area contributed by atoms with Gasteiger partial charge in [0.05, 0.1) is 6.21 Å². The van der Waals surface area contributed by atoms with Crippen molar-refractivity contribution in [1.82, 2.24) is 4.98 Å². The molecule has 0 spiro atoms. The van der Waals surface area contributed by atoms with Crippen molar-refractivity contribution in [3.05, 3.63) is 59.9 Å². The molecule has 0 amide bonds. The van der Waals surface area contributed by atoms with Gasteiger partial charge in [0.1, 0.15) is 11.4 Å². The highest BCUT2D eigenvalue weighted by molar-refractivity contribution is 5.96. The van der Waals surface area contributed by atoms with E-state index in [1.54, 1.807) is 42.6 Å². The second-order valence-electron chi connectivity index (χ2n) is 3.50. The van der Waals surface area contributed by atoms with E-state index < -0.39 is 0 Å². The van der Waals surface area contributed by atoms with Crippen molar-refractivity contribution >= 4 is 12.1 Å². The van der Waals surface area contributed by atoms with Gasteiger partial charge in [0.2, 0.25) is 0 Å². The molecule has 0 saturated carbocycles. The van der Waals surface area contributed by atoms with Crippen LogP contribution in [0.1, 0.15) is 11.3 Å². The van der Waals surface area contributed by atoms with Crippen LogP contribution in [0, 0.1) is 0 Å². The summed E-state index contributed by atoms with van der Waals surface area (Å²) >= 11 is 0. The van der Waals surface area contributed by atoms with Crippen molar-refractivity contribution in [2.45, 2.75) is 0 Å². The Morgan fingerprint density at radius 2 is 1.94 bits per heavy atom. The second-order valence-corrected chi connectivity index (χ2v) is 3.50. The molecule has 0 unspecified atom stereocenters. The number of pyridine rings is 1. The highest BCUT2D eigenvalue weighted by atomic mass is 16.3. The first-order valence-corrected chi connectivity index (χ1v) is 5.33. The fourth-order valence-corrected chi connectivity index (χ4v) is 1.32. The molecule has 0 radical (unpaired) electrons. The summed E-state index contributed by atoms with van der Waals surface area (Å²) < 4.78 is 0.